The van der Waals surface area contributed by atoms with Gasteiger partial charge in [0.1, 0.15) is 6.61 Å². The van der Waals surface area contributed by atoms with Crippen molar-refractivity contribution >= 4 is 5.91 Å². The Morgan fingerprint density at radius 1 is 0.895 bits per heavy atom. The first kappa shape index (κ1) is 18.4. The van der Waals surface area contributed by atoms with Crippen LogP contribution in [0.3, 0.4) is 0 Å². The average molecular weight is 273 g/mol. The van der Waals surface area contributed by atoms with Crippen LogP contribution in [0, 0.1) is 0 Å². The summed E-state index contributed by atoms with van der Waals surface area (Å²) in [4.78, 5) is 18.2. The summed E-state index contributed by atoms with van der Waals surface area (Å²) in [6, 6.07) is 0. The van der Waals surface area contributed by atoms with E-state index in [9.17, 15) is 4.79 Å². The van der Waals surface area contributed by atoms with Crippen LogP contribution in [0.4, 0.5) is 0 Å². The molecule has 0 bridgehead atoms. The van der Waals surface area contributed by atoms with Crippen LogP contribution in [0.1, 0.15) is 19.8 Å². The third kappa shape index (κ3) is 10.9. The van der Waals surface area contributed by atoms with Crippen molar-refractivity contribution in [2.45, 2.75) is 19.8 Å². The normalized spacial score (nSPS) is 11.3. The van der Waals surface area contributed by atoms with Crippen LogP contribution in [0.15, 0.2) is 0 Å². The molecule has 0 atom stereocenters. The molecular formula is C14H31N3O2. The summed E-state index contributed by atoms with van der Waals surface area (Å²) in [5, 5.41) is 0. The molecule has 0 spiro atoms. The summed E-state index contributed by atoms with van der Waals surface area (Å²) >= 11 is 0. The van der Waals surface area contributed by atoms with Crippen LogP contribution in [0.2, 0.25) is 0 Å². The van der Waals surface area contributed by atoms with Crippen LogP contribution in [0.25, 0.3) is 0 Å². The van der Waals surface area contributed by atoms with Gasteiger partial charge in [-0.25, -0.2) is 0 Å². The van der Waals surface area contributed by atoms with Crippen molar-refractivity contribution in [2.24, 2.45) is 0 Å². The molecule has 1 amide bonds. The molecule has 5 nitrogen and oxygen atoms in total. The lowest BCUT2D eigenvalue weighted by Crippen LogP contribution is -2.37. The molecule has 0 aliphatic heterocycles. The molecular weight excluding hydrogens is 242 g/mol. The fourth-order valence-corrected chi connectivity index (χ4v) is 1.80. The molecule has 0 radical (unpaired) electrons. The van der Waals surface area contributed by atoms with E-state index in [1.165, 1.54) is 0 Å². The molecule has 0 unspecified atom stereocenters. The third-order valence-corrected chi connectivity index (χ3v) is 2.85. The predicted molar refractivity (Wildman–Crippen MR) is 79.4 cm³/mol. The van der Waals surface area contributed by atoms with E-state index in [-0.39, 0.29) is 12.5 Å². The average Bonchev–Trinajstić information content (AvgIpc) is 2.33. The molecule has 0 aliphatic rings. The molecule has 0 saturated heterocycles. The highest BCUT2D eigenvalue weighted by Gasteiger charge is 2.13. The summed E-state index contributed by atoms with van der Waals surface area (Å²) in [7, 11) is 8.22. The Balaban J connectivity index is 4.09. The van der Waals surface area contributed by atoms with Gasteiger partial charge in [-0.2, -0.15) is 0 Å². The van der Waals surface area contributed by atoms with Gasteiger partial charge in [-0.1, -0.05) is 0 Å². The first-order valence-corrected chi connectivity index (χ1v) is 7.12. The van der Waals surface area contributed by atoms with E-state index in [0.29, 0.717) is 6.61 Å². The van der Waals surface area contributed by atoms with Crippen molar-refractivity contribution in [3.8, 4) is 0 Å². The van der Waals surface area contributed by atoms with E-state index in [1.807, 2.05) is 11.8 Å². The summed E-state index contributed by atoms with van der Waals surface area (Å²) < 4.78 is 5.22. The smallest absolute Gasteiger partial charge is 0.248 e. The van der Waals surface area contributed by atoms with E-state index in [4.69, 9.17) is 4.74 Å². The number of hydrogen-bond acceptors (Lipinski definition) is 4. The van der Waals surface area contributed by atoms with Gasteiger partial charge in [0, 0.05) is 19.7 Å². The zero-order valence-electron chi connectivity index (χ0n) is 13.3. The number of carbonyl (C=O) groups excluding carboxylic acids is 1. The molecule has 0 rings (SSSR count). The molecule has 114 valence electrons. The molecule has 0 aromatic heterocycles. The molecule has 0 aliphatic carbocycles. The topological polar surface area (TPSA) is 36.0 Å². The first-order valence-electron chi connectivity index (χ1n) is 7.12. The number of ether oxygens (including phenoxy) is 1. The van der Waals surface area contributed by atoms with Gasteiger partial charge in [0.15, 0.2) is 0 Å². The second-order valence-electron chi connectivity index (χ2n) is 5.33. The molecule has 0 aromatic rings. The highest BCUT2D eigenvalue weighted by atomic mass is 16.5. The first-order chi connectivity index (χ1) is 8.97. The molecule has 0 fully saturated rings. The second kappa shape index (κ2) is 11.2. The van der Waals surface area contributed by atoms with Crippen molar-refractivity contribution in [1.29, 1.82) is 0 Å². The van der Waals surface area contributed by atoms with Gasteiger partial charge in [0.25, 0.3) is 0 Å². The van der Waals surface area contributed by atoms with E-state index in [0.717, 1.165) is 39.0 Å². The fourth-order valence-electron chi connectivity index (χ4n) is 1.80. The maximum atomic E-state index is 12.0. The lowest BCUT2D eigenvalue weighted by Gasteiger charge is -2.24. The summed E-state index contributed by atoms with van der Waals surface area (Å²) in [5.41, 5.74) is 0. The van der Waals surface area contributed by atoms with E-state index in [1.54, 1.807) is 0 Å². The Labute approximate surface area is 118 Å². The van der Waals surface area contributed by atoms with Crippen molar-refractivity contribution in [3.05, 3.63) is 0 Å². The minimum absolute atomic E-state index is 0.111. The van der Waals surface area contributed by atoms with Gasteiger partial charge in [-0.05, 0) is 61.0 Å². The van der Waals surface area contributed by atoms with Crippen molar-refractivity contribution in [3.63, 3.8) is 0 Å². The van der Waals surface area contributed by atoms with E-state index >= 15 is 0 Å². The highest BCUT2D eigenvalue weighted by Crippen LogP contribution is 1.98. The Morgan fingerprint density at radius 2 is 1.37 bits per heavy atom. The SMILES string of the molecule is CCOCC(=O)N(CCCN(C)C)CCCN(C)C. The Morgan fingerprint density at radius 3 is 1.74 bits per heavy atom. The minimum atomic E-state index is 0.111. The fraction of sp³-hybridized carbons (Fsp3) is 0.929. The summed E-state index contributed by atoms with van der Waals surface area (Å²) in [6.07, 6.45) is 2.01. The van der Waals surface area contributed by atoms with Crippen molar-refractivity contribution in [1.82, 2.24) is 14.7 Å². The van der Waals surface area contributed by atoms with Crippen LogP contribution in [-0.4, -0.2) is 88.2 Å². The number of hydrogen-bond donors (Lipinski definition) is 0. The third-order valence-electron chi connectivity index (χ3n) is 2.85. The number of nitrogens with zero attached hydrogens (tertiary/aromatic N) is 3. The largest absolute Gasteiger partial charge is 0.372 e. The van der Waals surface area contributed by atoms with Crippen molar-refractivity contribution < 1.29 is 9.53 Å². The number of rotatable bonds is 11. The van der Waals surface area contributed by atoms with Gasteiger partial charge in [-0.15, -0.1) is 0 Å². The monoisotopic (exact) mass is 273 g/mol. The summed E-state index contributed by atoms with van der Waals surface area (Å²) in [6.45, 7) is 6.36. The van der Waals surface area contributed by atoms with Gasteiger partial charge in [-0.3, -0.25) is 4.79 Å². The van der Waals surface area contributed by atoms with Crippen LogP contribution < -0.4 is 0 Å². The lowest BCUT2D eigenvalue weighted by atomic mass is 10.3. The Hall–Kier alpha value is -0.650. The minimum Gasteiger partial charge on any atom is -0.372 e. The summed E-state index contributed by atoms with van der Waals surface area (Å²) in [5.74, 6) is 0.111. The van der Waals surface area contributed by atoms with Gasteiger partial charge in [0.05, 0.1) is 0 Å². The Bertz CT molecular complexity index is 219. The van der Waals surface area contributed by atoms with E-state index < -0.39 is 0 Å². The maximum absolute atomic E-state index is 12.0. The number of amides is 1. The number of carbonyl (C=O) groups is 1. The zero-order valence-corrected chi connectivity index (χ0v) is 13.3. The molecule has 0 heterocycles. The molecule has 0 aromatic carbocycles. The molecule has 19 heavy (non-hydrogen) atoms. The van der Waals surface area contributed by atoms with Crippen LogP contribution >= 0.6 is 0 Å². The highest BCUT2D eigenvalue weighted by molar-refractivity contribution is 5.77. The van der Waals surface area contributed by atoms with Gasteiger partial charge < -0.3 is 19.4 Å². The van der Waals surface area contributed by atoms with Gasteiger partial charge in [0.2, 0.25) is 5.91 Å². The zero-order chi connectivity index (χ0) is 14.7. The van der Waals surface area contributed by atoms with Crippen LogP contribution in [0.5, 0.6) is 0 Å². The van der Waals surface area contributed by atoms with Crippen molar-refractivity contribution in [2.75, 3.05) is 67.6 Å². The Kier molecular flexibility index (Phi) is 10.8. The van der Waals surface area contributed by atoms with Gasteiger partial charge >= 0.3 is 0 Å². The predicted octanol–water partition coefficient (Wildman–Crippen LogP) is 0.755. The molecule has 0 saturated carbocycles. The maximum Gasteiger partial charge on any atom is 0.248 e. The van der Waals surface area contributed by atoms with E-state index in [2.05, 4.69) is 38.0 Å². The second-order valence-corrected chi connectivity index (χ2v) is 5.33. The lowest BCUT2D eigenvalue weighted by molar-refractivity contribution is -0.136. The standard InChI is InChI=1S/C14H31N3O2/c1-6-19-13-14(18)17(11-7-9-15(2)3)12-8-10-16(4)5/h6-13H2,1-5H3. The van der Waals surface area contributed by atoms with Crippen LogP contribution in [-0.2, 0) is 9.53 Å². The molecule has 0 N–H and O–H groups in total. The quantitative estimate of drug-likeness (QED) is 0.557. The molecule has 5 heteroatoms.